The first-order valence-electron chi connectivity index (χ1n) is 12.3. The molecule has 4 rings (SSSR count). The summed E-state index contributed by atoms with van der Waals surface area (Å²) in [4.78, 5) is 17.7. The Morgan fingerprint density at radius 3 is 2.09 bits per heavy atom. The highest BCUT2D eigenvalue weighted by molar-refractivity contribution is 5.94. The van der Waals surface area contributed by atoms with E-state index in [1.807, 2.05) is 19.9 Å². The Morgan fingerprint density at radius 1 is 1.03 bits per heavy atom. The van der Waals surface area contributed by atoms with Gasteiger partial charge in [0.1, 0.15) is 11.6 Å². The summed E-state index contributed by atoms with van der Waals surface area (Å²) in [6, 6.07) is 3.19. The van der Waals surface area contributed by atoms with Crippen molar-refractivity contribution in [1.29, 1.82) is 0 Å². The number of aryl methyl sites for hydroxylation is 2. The molecule has 0 aliphatic heterocycles. The number of carbonyl (C=O) groups is 1. The molecule has 1 amide bonds. The summed E-state index contributed by atoms with van der Waals surface area (Å²) in [7, 11) is 0. The van der Waals surface area contributed by atoms with Gasteiger partial charge in [0.05, 0.1) is 11.7 Å². The second-order valence-corrected chi connectivity index (χ2v) is 9.83. The monoisotopic (exact) mass is 474 g/mol. The number of halogens is 1. The molecule has 1 unspecified atom stereocenters. The van der Waals surface area contributed by atoms with Crippen molar-refractivity contribution in [2.75, 3.05) is 11.1 Å². The van der Waals surface area contributed by atoms with Gasteiger partial charge in [-0.2, -0.15) is 5.10 Å². The zero-order valence-electron chi connectivity index (χ0n) is 19.9. The number of H-pyrrole nitrogens is 1. The van der Waals surface area contributed by atoms with E-state index in [0.717, 1.165) is 22.5 Å². The van der Waals surface area contributed by atoms with Gasteiger partial charge in [-0.25, -0.2) is 4.98 Å². The van der Waals surface area contributed by atoms with Crippen LogP contribution < -0.4 is 16.8 Å². The Kier molecular flexibility index (Phi) is 8.76. The number of aromatic amines is 1. The van der Waals surface area contributed by atoms with Crippen LogP contribution in [0.5, 0.6) is 0 Å². The Hall–Kier alpha value is -2.12. The molecular formula is C25H39ClN6O. The van der Waals surface area contributed by atoms with Crippen LogP contribution in [0.4, 0.5) is 11.6 Å². The highest BCUT2D eigenvalue weighted by Crippen LogP contribution is 2.41. The number of carbonyl (C=O) groups excluding carboxylic acids is 1. The zero-order valence-corrected chi connectivity index (χ0v) is 20.7. The first-order valence-corrected chi connectivity index (χ1v) is 12.3. The van der Waals surface area contributed by atoms with Crippen molar-refractivity contribution in [2.45, 2.75) is 84.1 Å². The lowest BCUT2D eigenvalue weighted by atomic mass is 9.66. The lowest BCUT2D eigenvalue weighted by molar-refractivity contribution is -0.120. The second-order valence-electron chi connectivity index (χ2n) is 9.83. The fourth-order valence-electron chi connectivity index (χ4n) is 6.10. The van der Waals surface area contributed by atoms with E-state index in [1.54, 1.807) is 6.07 Å². The highest BCUT2D eigenvalue weighted by atomic mass is 35.5. The highest BCUT2D eigenvalue weighted by Gasteiger charge is 2.38. The molecular weight excluding hydrogens is 436 g/mol. The normalized spacial score (nSPS) is 18.7. The molecule has 2 aliphatic carbocycles. The Bertz CT molecular complexity index is 895. The minimum atomic E-state index is -0.512. The van der Waals surface area contributed by atoms with Crippen molar-refractivity contribution in [3.05, 3.63) is 23.5 Å². The van der Waals surface area contributed by atoms with Gasteiger partial charge in [-0.3, -0.25) is 9.89 Å². The third-order valence-corrected chi connectivity index (χ3v) is 7.68. The molecule has 0 saturated heterocycles. The molecule has 7 nitrogen and oxygen atoms in total. The number of pyridine rings is 1. The summed E-state index contributed by atoms with van der Waals surface area (Å²) in [5.41, 5.74) is 16.5. The lowest BCUT2D eigenvalue weighted by Crippen LogP contribution is -2.48. The Labute approximate surface area is 203 Å². The number of nitrogens with zero attached hydrogens (tertiary/aromatic N) is 2. The van der Waals surface area contributed by atoms with Crippen LogP contribution in [0.15, 0.2) is 12.1 Å². The molecule has 0 radical (unpaired) electrons. The molecule has 0 aromatic carbocycles. The van der Waals surface area contributed by atoms with Crippen LogP contribution in [0.25, 0.3) is 11.1 Å². The van der Waals surface area contributed by atoms with Crippen molar-refractivity contribution in [1.82, 2.24) is 15.2 Å². The number of nitrogens with one attached hydrogen (secondary N) is 2. The molecule has 6 N–H and O–H groups in total. The molecule has 8 heteroatoms. The van der Waals surface area contributed by atoms with Crippen LogP contribution in [0, 0.1) is 31.6 Å². The van der Waals surface area contributed by atoms with Crippen molar-refractivity contribution >= 4 is 29.9 Å². The van der Waals surface area contributed by atoms with E-state index in [4.69, 9.17) is 11.5 Å². The third kappa shape index (κ3) is 5.69. The predicted octanol–water partition coefficient (Wildman–Crippen LogP) is 5.14. The predicted molar refractivity (Wildman–Crippen MR) is 136 cm³/mol. The van der Waals surface area contributed by atoms with Crippen molar-refractivity contribution in [2.24, 2.45) is 23.5 Å². The fraction of sp³-hybridized carbons (Fsp3) is 0.640. The number of nitrogens with two attached hydrogens (primary N) is 2. The number of hydrogen-bond acceptors (Lipinski definition) is 5. The molecule has 182 valence electrons. The number of anilines is 2. The van der Waals surface area contributed by atoms with E-state index >= 15 is 0 Å². The average Bonchev–Trinajstić information content (AvgIpc) is 3.13. The maximum Gasteiger partial charge on any atom is 0.242 e. The maximum absolute atomic E-state index is 13.2. The molecule has 2 aliphatic rings. The minimum Gasteiger partial charge on any atom is -0.383 e. The SMILES string of the molecule is Cc1n[nH]c(C)c1-c1ccc(NC(=O)C(N)C(C2CCCCC2)C2CCCCC2)nc1N.Cl. The maximum atomic E-state index is 13.2. The average molecular weight is 475 g/mol. The molecule has 0 spiro atoms. The van der Waals surface area contributed by atoms with Gasteiger partial charge in [0, 0.05) is 16.8 Å². The molecule has 2 heterocycles. The van der Waals surface area contributed by atoms with E-state index in [2.05, 4.69) is 20.5 Å². The molecule has 33 heavy (non-hydrogen) atoms. The van der Waals surface area contributed by atoms with Crippen molar-refractivity contribution in [3.8, 4) is 11.1 Å². The number of aromatic nitrogens is 3. The van der Waals surface area contributed by atoms with Crippen LogP contribution >= 0.6 is 12.4 Å². The first-order chi connectivity index (χ1) is 15.5. The van der Waals surface area contributed by atoms with Gasteiger partial charge in [-0.15, -0.1) is 12.4 Å². The minimum absolute atomic E-state index is 0. The smallest absolute Gasteiger partial charge is 0.242 e. The number of amides is 1. The van der Waals surface area contributed by atoms with Gasteiger partial charge in [0.25, 0.3) is 0 Å². The number of hydrogen-bond donors (Lipinski definition) is 4. The van der Waals surface area contributed by atoms with Crippen molar-refractivity contribution < 1.29 is 4.79 Å². The molecule has 2 aromatic heterocycles. The first kappa shape index (κ1) is 25.5. The lowest BCUT2D eigenvalue weighted by Gasteiger charge is -2.40. The standard InChI is InChI=1S/C25H38N6O.ClH/c1-15-21(16(2)31-30-15)19-13-14-20(28-24(19)27)29-25(32)23(26)22(17-9-5-3-6-10-17)18-11-7-4-8-12-18;/h13-14,17-18,22-23H,3-12,26H2,1-2H3,(H,30,31)(H3,27,28,29,32);1H. The second kappa shape index (κ2) is 11.3. The van der Waals surface area contributed by atoms with Crippen molar-refractivity contribution in [3.63, 3.8) is 0 Å². The van der Waals surface area contributed by atoms with Crippen LogP contribution in [-0.4, -0.2) is 27.1 Å². The van der Waals surface area contributed by atoms with E-state index in [0.29, 0.717) is 23.5 Å². The molecule has 1 atom stereocenters. The topological polar surface area (TPSA) is 123 Å². The van der Waals surface area contributed by atoms with Gasteiger partial charge >= 0.3 is 0 Å². The summed E-state index contributed by atoms with van der Waals surface area (Å²) in [5.74, 6) is 2.06. The Balaban J connectivity index is 0.00000306. The van der Waals surface area contributed by atoms with Gasteiger partial charge in [-0.05, 0) is 43.7 Å². The summed E-state index contributed by atoms with van der Waals surface area (Å²) < 4.78 is 0. The van der Waals surface area contributed by atoms with Gasteiger partial charge < -0.3 is 16.8 Å². The van der Waals surface area contributed by atoms with Gasteiger partial charge in [-0.1, -0.05) is 64.2 Å². The molecule has 2 saturated carbocycles. The fourth-order valence-corrected chi connectivity index (χ4v) is 6.10. The van der Waals surface area contributed by atoms with Gasteiger partial charge in [0.2, 0.25) is 5.91 Å². The molecule has 0 bridgehead atoms. The van der Waals surface area contributed by atoms with E-state index < -0.39 is 6.04 Å². The van der Waals surface area contributed by atoms with E-state index in [9.17, 15) is 4.79 Å². The largest absolute Gasteiger partial charge is 0.383 e. The van der Waals surface area contributed by atoms with Crippen LogP contribution in [0.1, 0.15) is 75.6 Å². The number of nitrogen functional groups attached to an aromatic ring is 1. The quantitative estimate of drug-likeness (QED) is 0.461. The van der Waals surface area contributed by atoms with E-state index in [-0.39, 0.29) is 24.2 Å². The summed E-state index contributed by atoms with van der Waals surface area (Å²) >= 11 is 0. The number of rotatable bonds is 6. The van der Waals surface area contributed by atoms with Crippen LogP contribution in [0.2, 0.25) is 0 Å². The summed E-state index contributed by atoms with van der Waals surface area (Å²) in [6.45, 7) is 3.89. The Morgan fingerprint density at radius 2 is 1.61 bits per heavy atom. The van der Waals surface area contributed by atoms with E-state index in [1.165, 1.54) is 64.2 Å². The third-order valence-electron chi connectivity index (χ3n) is 7.68. The molecule has 2 fully saturated rings. The zero-order chi connectivity index (χ0) is 22.7. The van der Waals surface area contributed by atoms with Gasteiger partial charge in [0.15, 0.2) is 0 Å². The van der Waals surface area contributed by atoms with Crippen LogP contribution in [-0.2, 0) is 4.79 Å². The summed E-state index contributed by atoms with van der Waals surface area (Å²) in [6.07, 6.45) is 12.4. The van der Waals surface area contributed by atoms with Crippen LogP contribution in [0.3, 0.4) is 0 Å². The molecule has 2 aromatic rings. The summed E-state index contributed by atoms with van der Waals surface area (Å²) in [5, 5.41) is 10.2.